The topological polar surface area (TPSA) is 188 Å². The van der Waals surface area contributed by atoms with E-state index < -0.39 is 0 Å². The molecular weight excluding hydrogens is 1420 g/mol. The maximum absolute atomic E-state index is 10.5. The number of phenols is 8. The van der Waals surface area contributed by atoms with Crippen molar-refractivity contribution in [3.8, 4) is 46.0 Å². The number of allylic oxidation sites excluding steroid dienone is 8. The zero-order chi connectivity index (χ0) is 83.4. The first-order valence-electron chi connectivity index (χ1n) is 39.8. The SMILES string of the molecule is C.C.C/C(=C(/C)c1ccc(CN(C)C)c(O)c1)c1ccc(CN(C)C)c(O)c1.C/C(=C(\C)c1ccc(CN(C)C)c(O)c1)c1ccc(CN(C)C)c(O)c1.CCN(CC)Cc1ccc(/C(C)=C(/C)c2ccc(CN(CC)CC)c(O)c2)cc1O.CCN(CC)Cc1ccc(/C(C)=C(\C)c2ccc(CN(CC)CC)c(O)c2)cc1O. The van der Waals surface area contributed by atoms with Crippen LogP contribution in [0.3, 0.4) is 0 Å². The number of nitrogens with zero attached hydrogens (tertiary/aromatic N) is 8. The van der Waals surface area contributed by atoms with Gasteiger partial charge in [-0.1, -0.05) is 167 Å². The summed E-state index contributed by atoms with van der Waals surface area (Å²) in [6.45, 7) is 47.0. The van der Waals surface area contributed by atoms with Crippen LogP contribution >= 0.6 is 0 Å². The number of hydrogen-bond donors (Lipinski definition) is 8. The van der Waals surface area contributed by atoms with E-state index in [1.807, 2.05) is 225 Å². The summed E-state index contributed by atoms with van der Waals surface area (Å²) in [7, 11) is 15.8. The van der Waals surface area contributed by atoms with Crippen molar-refractivity contribution in [2.75, 3.05) is 109 Å². The lowest BCUT2D eigenvalue weighted by Gasteiger charge is -2.20. The zero-order valence-electron chi connectivity index (χ0n) is 72.3. The maximum atomic E-state index is 10.5. The van der Waals surface area contributed by atoms with Gasteiger partial charge in [-0.25, -0.2) is 0 Å². The van der Waals surface area contributed by atoms with Crippen LogP contribution < -0.4 is 0 Å². The van der Waals surface area contributed by atoms with E-state index in [1.165, 1.54) is 0 Å². The Bertz CT molecular complexity index is 3910. The van der Waals surface area contributed by atoms with Crippen LogP contribution in [-0.4, -0.2) is 189 Å². The van der Waals surface area contributed by atoms with Gasteiger partial charge < -0.3 is 60.5 Å². The minimum absolute atomic E-state index is 0. The fraction of sp³-hybridized carbons (Fsp3) is 0.429. The molecule has 0 atom stereocenters. The second kappa shape index (κ2) is 48.2. The molecule has 0 amide bonds. The van der Waals surface area contributed by atoms with Crippen LogP contribution in [-0.2, 0) is 52.4 Å². The number of benzene rings is 8. The molecule has 0 saturated heterocycles. The lowest BCUT2D eigenvalue weighted by atomic mass is 9.95. The molecule has 0 saturated carbocycles. The molecule has 0 bridgehead atoms. The highest BCUT2D eigenvalue weighted by molar-refractivity contribution is 5.92. The highest BCUT2D eigenvalue weighted by Crippen LogP contribution is 2.38. The third kappa shape index (κ3) is 29.3. The molecule has 8 aromatic rings. The molecule has 8 N–H and O–H groups in total. The summed E-state index contributed by atoms with van der Waals surface area (Å²) in [5, 5.41) is 83.4. The quantitative estimate of drug-likeness (QED) is 0.0186. The van der Waals surface area contributed by atoms with Gasteiger partial charge in [0.2, 0.25) is 0 Å². The second-order valence-electron chi connectivity index (χ2n) is 30.5. The van der Waals surface area contributed by atoms with Crippen LogP contribution in [0.25, 0.3) is 44.6 Å². The van der Waals surface area contributed by atoms with E-state index in [2.05, 4.69) is 127 Å². The van der Waals surface area contributed by atoms with Gasteiger partial charge in [0.1, 0.15) is 46.0 Å². The molecule has 0 heterocycles. The Kier molecular flexibility index (Phi) is 41.9. The molecule has 0 radical (unpaired) electrons. The first kappa shape index (κ1) is 99.0. The number of rotatable bonds is 32. The molecule has 624 valence electrons. The first-order chi connectivity index (χ1) is 53.0. The van der Waals surface area contributed by atoms with Crippen molar-refractivity contribution in [1.82, 2.24) is 39.2 Å². The van der Waals surface area contributed by atoms with Crippen LogP contribution in [0.1, 0.15) is 215 Å². The lowest BCUT2D eigenvalue weighted by molar-refractivity contribution is 0.291. The van der Waals surface area contributed by atoms with E-state index in [0.29, 0.717) is 72.2 Å². The molecule has 0 fully saturated rings. The van der Waals surface area contributed by atoms with Crippen molar-refractivity contribution in [2.45, 2.75) is 178 Å². The Morgan fingerprint density at radius 2 is 0.298 bits per heavy atom. The predicted molar refractivity (Wildman–Crippen MR) is 487 cm³/mol. The standard InChI is InChI=1S/2C26H38N2O2.2C22H30N2O2.2CH4/c2*1-7-27(8-2)17-23-13-11-21(15-25(23)29)19(5)20(6)22-12-14-24(26(30)16-22)18-28(9-3)10-4;2*1-15(17-7-9-19(13-23(3)4)21(25)11-17)16(2)18-8-10-20(14-24(5)6)22(26)12-18;;/h2*11-16,29-30H,7-10,17-18H2,1-6H3;2*7-12,25-26H,13-14H2,1-6H3;2*1H4/b20-19+;20-19-;16-15+;16-15-;;. The van der Waals surface area contributed by atoms with Crippen molar-refractivity contribution in [3.63, 3.8) is 0 Å². The summed E-state index contributed by atoms with van der Waals surface area (Å²) in [6, 6.07) is 47.1. The Hall–Kier alpha value is -9.20. The molecule has 16 heteroatoms. The average Bonchev–Trinajstić information content (AvgIpc) is 0.829. The van der Waals surface area contributed by atoms with Crippen LogP contribution in [0.5, 0.6) is 46.0 Å². The third-order valence-electron chi connectivity index (χ3n) is 21.5. The average molecular weight is 1560 g/mol. The summed E-state index contributed by atoms with van der Waals surface area (Å²) in [5.74, 6) is 2.60. The normalized spacial score (nSPS) is 12.4. The third-order valence-corrected chi connectivity index (χ3v) is 21.5. The van der Waals surface area contributed by atoms with E-state index in [0.717, 1.165) is 212 Å². The molecule has 0 aliphatic rings. The van der Waals surface area contributed by atoms with Crippen molar-refractivity contribution in [1.29, 1.82) is 0 Å². The fourth-order valence-electron chi connectivity index (χ4n) is 13.3. The number of hydrogen-bond acceptors (Lipinski definition) is 16. The summed E-state index contributed by atoms with van der Waals surface area (Å²) >= 11 is 0. The monoisotopic (exact) mass is 1560 g/mol. The summed E-state index contributed by atoms with van der Waals surface area (Å²) in [5.41, 5.74) is 24.1. The van der Waals surface area contributed by atoms with Gasteiger partial charge in [0.15, 0.2) is 0 Å². The van der Waals surface area contributed by atoms with E-state index in [9.17, 15) is 40.9 Å². The summed E-state index contributed by atoms with van der Waals surface area (Å²) < 4.78 is 0. The van der Waals surface area contributed by atoms with Crippen LogP contribution in [0.15, 0.2) is 146 Å². The van der Waals surface area contributed by atoms with Crippen molar-refractivity contribution in [3.05, 3.63) is 235 Å². The molecule has 16 nitrogen and oxygen atoms in total. The zero-order valence-corrected chi connectivity index (χ0v) is 72.3. The van der Waals surface area contributed by atoms with E-state index >= 15 is 0 Å². The molecule has 0 aliphatic heterocycles. The fourth-order valence-corrected chi connectivity index (χ4v) is 13.3. The van der Waals surface area contributed by atoms with Gasteiger partial charge in [0, 0.05) is 96.9 Å². The van der Waals surface area contributed by atoms with Crippen molar-refractivity contribution >= 4 is 44.6 Å². The van der Waals surface area contributed by atoms with Crippen LogP contribution in [0.4, 0.5) is 0 Å². The Morgan fingerprint density at radius 3 is 0.386 bits per heavy atom. The van der Waals surface area contributed by atoms with Gasteiger partial charge in [-0.2, -0.15) is 0 Å². The molecule has 0 aliphatic carbocycles. The molecule has 0 spiro atoms. The van der Waals surface area contributed by atoms with Gasteiger partial charge >= 0.3 is 0 Å². The number of aromatic hydroxyl groups is 8. The van der Waals surface area contributed by atoms with Gasteiger partial charge in [-0.05, 0) is 302 Å². The highest BCUT2D eigenvalue weighted by Gasteiger charge is 2.18. The Labute approximate surface area is 688 Å². The maximum Gasteiger partial charge on any atom is 0.120 e. The van der Waals surface area contributed by atoms with E-state index in [-0.39, 0.29) is 14.9 Å². The largest absolute Gasteiger partial charge is 0.508 e. The molecule has 114 heavy (non-hydrogen) atoms. The van der Waals surface area contributed by atoms with Gasteiger partial charge in [0.05, 0.1) is 0 Å². The summed E-state index contributed by atoms with van der Waals surface area (Å²) in [4.78, 5) is 17.2. The highest BCUT2D eigenvalue weighted by atomic mass is 16.3. The van der Waals surface area contributed by atoms with Gasteiger partial charge in [-0.15, -0.1) is 0 Å². The second-order valence-corrected chi connectivity index (χ2v) is 30.5. The summed E-state index contributed by atoms with van der Waals surface area (Å²) in [6.07, 6.45) is 0. The Balaban J connectivity index is 0.000000392. The van der Waals surface area contributed by atoms with Gasteiger partial charge in [0.25, 0.3) is 0 Å². The molecular formula is C98H144N8O8. The van der Waals surface area contributed by atoms with Crippen LogP contribution in [0.2, 0.25) is 0 Å². The smallest absolute Gasteiger partial charge is 0.120 e. The van der Waals surface area contributed by atoms with E-state index in [4.69, 9.17) is 0 Å². The minimum atomic E-state index is 0. The lowest BCUT2D eigenvalue weighted by Crippen LogP contribution is -2.22. The first-order valence-corrected chi connectivity index (χ1v) is 39.8. The van der Waals surface area contributed by atoms with E-state index in [1.54, 1.807) is 0 Å². The molecule has 8 rings (SSSR count). The minimum Gasteiger partial charge on any atom is -0.508 e. The number of phenolic OH excluding ortho intramolecular Hbond substituents is 8. The predicted octanol–water partition coefficient (Wildman–Crippen LogP) is 21.1. The van der Waals surface area contributed by atoms with Crippen molar-refractivity contribution < 1.29 is 40.9 Å². The van der Waals surface area contributed by atoms with Gasteiger partial charge in [-0.3, -0.25) is 19.6 Å². The molecule has 0 unspecified atom stereocenters. The van der Waals surface area contributed by atoms with Crippen molar-refractivity contribution in [2.24, 2.45) is 0 Å². The van der Waals surface area contributed by atoms with Crippen LogP contribution in [0, 0.1) is 0 Å². The molecule has 0 aromatic heterocycles. The Morgan fingerprint density at radius 1 is 0.193 bits per heavy atom. The molecule has 8 aromatic carbocycles.